The maximum atomic E-state index is 14.2. The third-order valence-corrected chi connectivity index (χ3v) is 8.92. The smallest absolute Gasteiger partial charge is 0.165 e. The Hall–Kier alpha value is -3.64. The van der Waals surface area contributed by atoms with E-state index in [1.807, 2.05) is 49.4 Å². The molecule has 0 amide bonds. The Balaban J connectivity index is 1.72. The number of carbonyl (C=O) groups excluding carboxylic acids is 2. The number of ketones is 2. The quantitative estimate of drug-likeness (QED) is 0.247. The van der Waals surface area contributed by atoms with Gasteiger partial charge in [0.15, 0.2) is 23.1 Å². The molecule has 3 aliphatic rings. The van der Waals surface area contributed by atoms with Crippen molar-refractivity contribution in [2.75, 3.05) is 26.9 Å². The summed E-state index contributed by atoms with van der Waals surface area (Å²) in [5.41, 5.74) is 6.07. The van der Waals surface area contributed by atoms with Gasteiger partial charge in [0.05, 0.1) is 13.2 Å². The molecule has 6 nitrogen and oxygen atoms in total. The van der Waals surface area contributed by atoms with Crippen molar-refractivity contribution >= 4 is 11.6 Å². The van der Waals surface area contributed by atoms with E-state index >= 15 is 0 Å². The zero-order valence-corrected chi connectivity index (χ0v) is 27.3. The van der Waals surface area contributed by atoms with Crippen LogP contribution in [0.3, 0.4) is 0 Å². The van der Waals surface area contributed by atoms with Crippen LogP contribution in [0.15, 0.2) is 77.7 Å². The van der Waals surface area contributed by atoms with Gasteiger partial charge >= 0.3 is 0 Å². The van der Waals surface area contributed by atoms with Crippen molar-refractivity contribution < 1.29 is 23.8 Å². The maximum Gasteiger partial charge on any atom is 0.165 e. The number of hydrogen-bond acceptors (Lipinski definition) is 6. The minimum absolute atomic E-state index is 0.112. The molecule has 2 aromatic rings. The second-order valence-electron chi connectivity index (χ2n) is 13.9. The molecule has 0 unspecified atom stereocenters. The first-order valence-electron chi connectivity index (χ1n) is 15.8. The summed E-state index contributed by atoms with van der Waals surface area (Å²) in [5, 5.41) is 0. The van der Waals surface area contributed by atoms with Gasteiger partial charge in [-0.2, -0.15) is 0 Å². The number of benzene rings is 2. The number of allylic oxidation sites excluding steroid dienone is 5. The molecular formula is C38H47NO5. The molecule has 0 atom stereocenters. The van der Waals surface area contributed by atoms with Crippen molar-refractivity contribution in [2.24, 2.45) is 10.8 Å². The second-order valence-corrected chi connectivity index (χ2v) is 13.9. The van der Waals surface area contributed by atoms with Crippen LogP contribution in [-0.2, 0) is 27.4 Å². The lowest BCUT2D eigenvalue weighted by atomic mass is 9.63. The van der Waals surface area contributed by atoms with Crippen LogP contribution in [-0.4, -0.2) is 43.3 Å². The van der Waals surface area contributed by atoms with Crippen LogP contribution < -0.4 is 9.47 Å². The fourth-order valence-corrected chi connectivity index (χ4v) is 7.15. The Bertz CT molecular complexity index is 1440. The van der Waals surface area contributed by atoms with Gasteiger partial charge in [-0.3, -0.25) is 9.59 Å². The van der Waals surface area contributed by atoms with Crippen molar-refractivity contribution in [1.82, 2.24) is 4.90 Å². The fourth-order valence-electron chi connectivity index (χ4n) is 7.15. The average molecular weight is 598 g/mol. The molecule has 0 radical (unpaired) electrons. The molecule has 0 aromatic heterocycles. The lowest BCUT2D eigenvalue weighted by molar-refractivity contribution is -0.119. The molecule has 44 heavy (non-hydrogen) atoms. The molecule has 0 fully saturated rings. The third-order valence-electron chi connectivity index (χ3n) is 8.92. The van der Waals surface area contributed by atoms with E-state index in [-0.39, 0.29) is 22.4 Å². The number of methoxy groups -OCH3 is 1. The highest BCUT2D eigenvalue weighted by Gasteiger charge is 2.49. The molecule has 2 aliphatic carbocycles. The highest BCUT2D eigenvalue weighted by atomic mass is 16.5. The van der Waals surface area contributed by atoms with Gasteiger partial charge in [-0.25, -0.2) is 0 Å². The number of Topliss-reactive ketones (excluding diaryl/α,β-unsaturated/α-hetero) is 2. The molecule has 1 aliphatic heterocycles. The van der Waals surface area contributed by atoms with Crippen molar-refractivity contribution in [1.29, 1.82) is 0 Å². The second kappa shape index (κ2) is 12.8. The normalized spacial score (nSPS) is 19.5. The first kappa shape index (κ1) is 31.8. The SMILES string of the molecule is C=CCc1cc(C2C3=C(CC(C)(C)CC3=O)N(CCOC)C3=C2C(=O)CC(C)(C)C3)cc(OCC)c1OCc1ccccc1. The molecule has 0 saturated carbocycles. The van der Waals surface area contributed by atoms with Crippen molar-refractivity contribution in [3.8, 4) is 11.5 Å². The Morgan fingerprint density at radius 2 is 1.52 bits per heavy atom. The summed E-state index contributed by atoms with van der Waals surface area (Å²) in [7, 11) is 1.70. The van der Waals surface area contributed by atoms with Gasteiger partial charge in [0.1, 0.15) is 6.61 Å². The van der Waals surface area contributed by atoms with Crippen LogP contribution in [0.25, 0.3) is 0 Å². The lowest BCUT2D eigenvalue weighted by Crippen LogP contribution is -2.45. The molecule has 0 bridgehead atoms. The topological polar surface area (TPSA) is 65.1 Å². The highest BCUT2D eigenvalue weighted by molar-refractivity contribution is 6.06. The summed E-state index contributed by atoms with van der Waals surface area (Å²) in [4.78, 5) is 30.6. The van der Waals surface area contributed by atoms with Crippen molar-refractivity contribution in [3.63, 3.8) is 0 Å². The molecule has 2 aromatic carbocycles. The van der Waals surface area contributed by atoms with Gasteiger partial charge in [0.25, 0.3) is 0 Å². The molecule has 6 heteroatoms. The van der Waals surface area contributed by atoms with Crippen molar-refractivity contribution in [2.45, 2.75) is 79.2 Å². The Morgan fingerprint density at radius 1 is 0.909 bits per heavy atom. The monoisotopic (exact) mass is 597 g/mol. The number of hydrogen-bond donors (Lipinski definition) is 0. The van der Waals surface area contributed by atoms with E-state index in [0.29, 0.717) is 57.1 Å². The standard InChI is InChI=1S/C38H47NO5/c1-8-13-26-18-27(19-32(43-9-2)36(26)44-24-25-14-11-10-12-15-25)33-34-28(20-37(3,4)22-30(34)40)39(16-17-42-7)29-21-38(5,6)23-31(41)35(29)33/h8,10-12,14-15,18-19,33H,1,9,13,16-17,20-24H2,2-7H3. The van der Waals surface area contributed by atoms with Crippen LogP contribution in [0.5, 0.6) is 11.5 Å². The highest BCUT2D eigenvalue weighted by Crippen LogP contribution is 2.55. The van der Waals surface area contributed by atoms with Gasteiger partial charge in [-0.15, -0.1) is 6.58 Å². The summed E-state index contributed by atoms with van der Waals surface area (Å²) in [5.74, 6) is 1.06. The molecule has 1 heterocycles. The van der Waals surface area contributed by atoms with E-state index in [1.165, 1.54) is 0 Å². The zero-order valence-electron chi connectivity index (χ0n) is 27.3. The minimum Gasteiger partial charge on any atom is -0.490 e. The van der Waals surface area contributed by atoms with Crippen LogP contribution in [0.1, 0.15) is 82.9 Å². The van der Waals surface area contributed by atoms with E-state index in [2.05, 4.69) is 45.2 Å². The predicted octanol–water partition coefficient (Wildman–Crippen LogP) is 7.72. The van der Waals surface area contributed by atoms with E-state index in [9.17, 15) is 9.59 Å². The fraction of sp³-hybridized carbons (Fsp3) is 0.474. The number of rotatable bonds is 11. The van der Waals surface area contributed by atoms with Crippen molar-refractivity contribution in [3.05, 3.63) is 94.4 Å². The maximum absolute atomic E-state index is 14.2. The molecule has 0 N–H and O–H groups in total. The number of nitrogens with zero attached hydrogens (tertiary/aromatic N) is 1. The van der Waals surface area contributed by atoms with Gasteiger partial charge < -0.3 is 19.1 Å². The van der Waals surface area contributed by atoms with Crippen LogP contribution in [0, 0.1) is 10.8 Å². The van der Waals surface area contributed by atoms with E-state index in [0.717, 1.165) is 52.1 Å². The first-order valence-corrected chi connectivity index (χ1v) is 15.8. The summed E-state index contributed by atoms with van der Waals surface area (Å²) in [6.07, 6.45) is 4.82. The van der Waals surface area contributed by atoms with Gasteiger partial charge in [0, 0.05) is 60.5 Å². The summed E-state index contributed by atoms with van der Waals surface area (Å²) in [6, 6.07) is 14.2. The Morgan fingerprint density at radius 3 is 2.07 bits per heavy atom. The van der Waals surface area contributed by atoms with Gasteiger partial charge in [-0.05, 0) is 54.2 Å². The zero-order chi connectivity index (χ0) is 31.6. The summed E-state index contributed by atoms with van der Waals surface area (Å²) < 4.78 is 18.2. The third kappa shape index (κ3) is 6.41. The van der Waals surface area contributed by atoms with E-state index < -0.39 is 5.92 Å². The molecule has 0 spiro atoms. The Kier molecular flexibility index (Phi) is 9.22. The lowest BCUT2D eigenvalue weighted by Gasteiger charge is -2.49. The average Bonchev–Trinajstić information content (AvgIpc) is 2.95. The first-order chi connectivity index (χ1) is 21.0. The molecule has 5 rings (SSSR count). The van der Waals surface area contributed by atoms with Crippen LogP contribution >= 0.6 is 0 Å². The Labute approximate surface area is 262 Å². The predicted molar refractivity (Wildman–Crippen MR) is 174 cm³/mol. The number of ether oxygens (including phenoxy) is 3. The molecular weight excluding hydrogens is 550 g/mol. The summed E-state index contributed by atoms with van der Waals surface area (Å²) in [6.45, 7) is 16.6. The largest absolute Gasteiger partial charge is 0.490 e. The van der Waals surface area contributed by atoms with E-state index in [1.54, 1.807) is 7.11 Å². The summed E-state index contributed by atoms with van der Waals surface area (Å²) >= 11 is 0. The minimum atomic E-state index is -0.461. The van der Waals surface area contributed by atoms with Gasteiger partial charge in [-0.1, -0.05) is 70.2 Å². The molecule has 0 saturated heterocycles. The van der Waals surface area contributed by atoms with Crippen LogP contribution in [0.2, 0.25) is 0 Å². The van der Waals surface area contributed by atoms with Crippen LogP contribution in [0.4, 0.5) is 0 Å². The van der Waals surface area contributed by atoms with Gasteiger partial charge in [0.2, 0.25) is 0 Å². The molecule has 234 valence electrons. The number of carbonyl (C=O) groups is 2. The van der Waals surface area contributed by atoms with E-state index in [4.69, 9.17) is 14.2 Å².